The summed E-state index contributed by atoms with van der Waals surface area (Å²) < 4.78 is 45.0. The van der Waals surface area contributed by atoms with Crippen LogP contribution >= 0.6 is 0 Å². The summed E-state index contributed by atoms with van der Waals surface area (Å²) in [5.41, 5.74) is 1.11. The summed E-state index contributed by atoms with van der Waals surface area (Å²) in [7, 11) is -2.32. The third-order valence-electron chi connectivity index (χ3n) is 4.80. The number of carbonyl (C=O) groups excluding carboxylic acids is 1. The number of hydrogen-bond donors (Lipinski definition) is 2. The maximum atomic E-state index is 13.4. The van der Waals surface area contributed by atoms with E-state index in [0.29, 0.717) is 16.5 Å². The van der Waals surface area contributed by atoms with Gasteiger partial charge in [-0.3, -0.25) is 13.9 Å². The number of nitrogens with one attached hydrogen (secondary N) is 1. The molecule has 0 aliphatic carbocycles. The Morgan fingerprint density at radius 2 is 1.91 bits per heavy atom. The van der Waals surface area contributed by atoms with Crippen molar-refractivity contribution in [2.24, 2.45) is 0 Å². The molecule has 1 amide bonds. The number of aromatic nitrogens is 1. The highest BCUT2D eigenvalue weighted by molar-refractivity contribution is 7.92. The van der Waals surface area contributed by atoms with Crippen molar-refractivity contribution < 1.29 is 31.9 Å². The summed E-state index contributed by atoms with van der Waals surface area (Å²) >= 11 is 0. The fraction of sp³-hybridized carbons (Fsp3) is 0.286. The van der Waals surface area contributed by atoms with Gasteiger partial charge in [-0.15, -0.1) is 0 Å². The van der Waals surface area contributed by atoms with Crippen molar-refractivity contribution in [3.05, 3.63) is 47.3 Å². The van der Waals surface area contributed by atoms with E-state index in [4.69, 9.17) is 9.52 Å². The molecular weight excluding hydrogens is 441 g/mol. The zero-order chi connectivity index (χ0) is 23.6. The molecule has 32 heavy (non-hydrogen) atoms. The molecule has 2 heterocycles. The van der Waals surface area contributed by atoms with Crippen LogP contribution in [0.5, 0.6) is 0 Å². The van der Waals surface area contributed by atoms with E-state index >= 15 is 0 Å². The number of benzene rings is 1. The van der Waals surface area contributed by atoms with E-state index in [1.54, 1.807) is 13.0 Å². The number of furan rings is 1. The van der Waals surface area contributed by atoms with Crippen molar-refractivity contribution in [3.8, 4) is 11.3 Å². The maximum absolute atomic E-state index is 13.4. The predicted octanol–water partition coefficient (Wildman–Crippen LogP) is 2.93. The van der Waals surface area contributed by atoms with Crippen molar-refractivity contribution in [1.82, 2.24) is 10.3 Å². The lowest BCUT2D eigenvalue weighted by atomic mass is 10.0. The Morgan fingerprint density at radius 3 is 2.47 bits per heavy atom. The third kappa shape index (κ3) is 4.72. The number of amides is 1. The average molecular weight is 463 g/mol. The first-order valence-corrected chi connectivity index (χ1v) is 11.5. The van der Waals surface area contributed by atoms with E-state index in [1.165, 1.54) is 31.3 Å². The quantitative estimate of drug-likeness (QED) is 0.525. The molecule has 9 nitrogen and oxygen atoms in total. The summed E-state index contributed by atoms with van der Waals surface area (Å²) in [6, 6.07) is 6.97. The van der Waals surface area contributed by atoms with Crippen LogP contribution in [-0.4, -0.2) is 50.2 Å². The molecule has 170 valence electrons. The van der Waals surface area contributed by atoms with E-state index < -0.39 is 27.7 Å². The molecule has 0 radical (unpaired) electrons. The summed E-state index contributed by atoms with van der Waals surface area (Å²) in [4.78, 5) is 27.8. The van der Waals surface area contributed by atoms with Gasteiger partial charge in [-0.2, -0.15) is 4.98 Å². The molecule has 0 saturated heterocycles. The normalized spacial score (nSPS) is 11.5. The number of carboxylic acid groups (broad SMARTS) is 1. The van der Waals surface area contributed by atoms with E-state index in [9.17, 15) is 22.4 Å². The van der Waals surface area contributed by atoms with E-state index in [2.05, 4.69) is 10.3 Å². The molecular formula is C21H22FN3O6S. The fourth-order valence-corrected chi connectivity index (χ4v) is 4.28. The Balaban J connectivity index is 2.19. The molecule has 0 atom stereocenters. The van der Waals surface area contributed by atoms with Gasteiger partial charge >= 0.3 is 5.97 Å². The van der Waals surface area contributed by atoms with Gasteiger partial charge < -0.3 is 14.8 Å². The van der Waals surface area contributed by atoms with Gasteiger partial charge in [0.1, 0.15) is 17.4 Å². The number of nitrogens with zero attached hydrogens (tertiary/aromatic N) is 2. The van der Waals surface area contributed by atoms with Crippen LogP contribution in [0.25, 0.3) is 22.4 Å². The second-order valence-corrected chi connectivity index (χ2v) is 9.11. The first-order valence-electron chi connectivity index (χ1n) is 9.64. The highest BCUT2D eigenvalue weighted by Crippen LogP contribution is 2.36. The minimum Gasteiger partial charge on any atom is -0.481 e. The molecule has 1 aromatic carbocycles. The first-order chi connectivity index (χ1) is 15.0. The summed E-state index contributed by atoms with van der Waals surface area (Å²) in [6.07, 6.45) is 0.884. The zero-order valence-electron chi connectivity index (χ0n) is 17.7. The van der Waals surface area contributed by atoms with Crippen molar-refractivity contribution in [2.45, 2.75) is 19.8 Å². The molecule has 0 fully saturated rings. The second kappa shape index (κ2) is 8.95. The van der Waals surface area contributed by atoms with E-state index in [0.717, 1.165) is 10.6 Å². The Bertz CT molecular complexity index is 1290. The van der Waals surface area contributed by atoms with Gasteiger partial charge in [0.05, 0.1) is 17.2 Å². The minimum absolute atomic E-state index is 0.0235. The molecule has 0 bridgehead atoms. The molecule has 2 aromatic heterocycles. The Morgan fingerprint density at radius 1 is 1.25 bits per heavy atom. The standard InChI is InChI=1S/C21H22FN3O6S/c1-12-11-15-17(20(28)23-2)18(13-6-8-14(22)9-7-13)31-21(15)24-19(12)25(32(3,29)30)10-4-5-16(26)27/h6-9,11H,4-5,10H2,1-3H3,(H,23,28)(H,26,27). The third-order valence-corrected chi connectivity index (χ3v) is 5.95. The van der Waals surface area contributed by atoms with E-state index in [-0.39, 0.29) is 42.2 Å². The van der Waals surface area contributed by atoms with Crippen LogP contribution in [0.1, 0.15) is 28.8 Å². The Labute approximate surface area is 183 Å². The highest BCUT2D eigenvalue weighted by atomic mass is 32.2. The smallest absolute Gasteiger partial charge is 0.303 e. The maximum Gasteiger partial charge on any atom is 0.303 e. The van der Waals surface area contributed by atoms with E-state index in [1.807, 2.05) is 0 Å². The van der Waals surface area contributed by atoms with Gasteiger partial charge in [0.25, 0.3) is 5.91 Å². The van der Waals surface area contributed by atoms with Crippen LogP contribution < -0.4 is 9.62 Å². The largest absolute Gasteiger partial charge is 0.481 e. The van der Waals surface area contributed by atoms with Crippen molar-refractivity contribution >= 4 is 38.8 Å². The fourth-order valence-electron chi connectivity index (χ4n) is 3.32. The number of anilines is 1. The SMILES string of the molecule is CNC(=O)c1c(-c2ccc(F)cc2)oc2nc(N(CCCC(=O)O)S(C)(=O)=O)c(C)cc12. The monoisotopic (exact) mass is 463 g/mol. The Kier molecular flexibility index (Phi) is 6.49. The zero-order valence-corrected chi connectivity index (χ0v) is 18.5. The van der Waals surface area contributed by atoms with Gasteiger partial charge in [0, 0.05) is 25.6 Å². The van der Waals surface area contributed by atoms with Crippen molar-refractivity contribution in [2.75, 3.05) is 24.2 Å². The van der Waals surface area contributed by atoms with Crippen molar-refractivity contribution in [1.29, 1.82) is 0 Å². The minimum atomic E-state index is -3.77. The molecule has 0 unspecified atom stereocenters. The van der Waals surface area contributed by atoms with Crippen LogP contribution in [0.2, 0.25) is 0 Å². The van der Waals surface area contributed by atoms with Crippen molar-refractivity contribution in [3.63, 3.8) is 0 Å². The van der Waals surface area contributed by atoms with Crippen LogP contribution in [0.3, 0.4) is 0 Å². The number of sulfonamides is 1. The average Bonchev–Trinajstić information content (AvgIpc) is 3.08. The number of halogens is 1. The lowest BCUT2D eigenvalue weighted by Crippen LogP contribution is -2.32. The number of pyridine rings is 1. The highest BCUT2D eigenvalue weighted by Gasteiger charge is 2.27. The molecule has 0 saturated carbocycles. The molecule has 3 aromatic rings. The van der Waals surface area contributed by atoms with Gasteiger partial charge in [-0.25, -0.2) is 12.8 Å². The predicted molar refractivity (Wildman–Crippen MR) is 117 cm³/mol. The van der Waals surface area contributed by atoms with Crippen LogP contribution in [-0.2, 0) is 14.8 Å². The van der Waals surface area contributed by atoms with Crippen LogP contribution in [0, 0.1) is 12.7 Å². The second-order valence-electron chi connectivity index (χ2n) is 7.21. The van der Waals surface area contributed by atoms with Crippen LogP contribution in [0.15, 0.2) is 34.7 Å². The molecule has 2 N–H and O–H groups in total. The number of rotatable bonds is 8. The summed E-state index contributed by atoms with van der Waals surface area (Å²) in [5.74, 6) is -1.69. The molecule has 11 heteroatoms. The lowest BCUT2D eigenvalue weighted by Gasteiger charge is -2.22. The van der Waals surface area contributed by atoms with Gasteiger partial charge in [0.2, 0.25) is 15.7 Å². The first kappa shape index (κ1) is 23.2. The number of carbonyl (C=O) groups is 2. The Hall–Kier alpha value is -3.47. The number of hydrogen-bond acceptors (Lipinski definition) is 6. The van der Waals surface area contributed by atoms with Gasteiger partial charge in [0.15, 0.2) is 0 Å². The summed E-state index contributed by atoms with van der Waals surface area (Å²) in [5, 5.41) is 11.8. The molecule has 0 aliphatic heterocycles. The lowest BCUT2D eigenvalue weighted by molar-refractivity contribution is -0.137. The molecule has 0 spiro atoms. The number of carboxylic acids is 1. The molecule has 3 rings (SSSR count). The van der Waals surface area contributed by atoms with Gasteiger partial charge in [-0.1, -0.05) is 0 Å². The number of aliphatic carboxylic acids is 1. The number of fused-ring (bicyclic) bond motifs is 1. The van der Waals surface area contributed by atoms with Gasteiger partial charge in [-0.05, 0) is 49.2 Å². The van der Waals surface area contributed by atoms with Crippen LogP contribution in [0.4, 0.5) is 10.2 Å². The number of aryl methyl sites for hydroxylation is 1. The topological polar surface area (TPSA) is 130 Å². The summed E-state index contributed by atoms with van der Waals surface area (Å²) in [6.45, 7) is 1.55. The molecule has 0 aliphatic rings.